The van der Waals surface area contributed by atoms with Gasteiger partial charge >= 0.3 is 12.1 Å². The van der Waals surface area contributed by atoms with Crippen LogP contribution in [0.2, 0.25) is 0 Å². The van der Waals surface area contributed by atoms with E-state index in [1.807, 2.05) is 37.3 Å². The summed E-state index contributed by atoms with van der Waals surface area (Å²) in [4.78, 5) is 25.3. The minimum Gasteiger partial charge on any atom is -0.458 e. The number of benzene rings is 2. The van der Waals surface area contributed by atoms with Crippen LogP contribution in [-0.2, 0) is 32.0 Å². The Bertz CT molecular complexity index is 951. The van der Waals surface area contributed by atoms with E-state index >= 15 is 0 Å². The average molecular weight is 482 g/mol. The maximum Gasteiger partial charge on any atom is 0.408 e. The zero-order valence-electron chi connectivity index (χ0n) is 21.6. The summed E-state index contributed by atoms with van der Waals surface area (Å²) in [6.07, 6.45) is 1.56. The van der Waals surface area contributed by atoms with E-state index in [4.69, 9.17) is 14.2 Å². The topological polar surface area (TPSA) is 73.9 Å². The number of alkyl carbamates (subject to hydrolysis) is 1. The van der Waals surface area contributed by atoms with Crippen LogP contribution in [0.25, 0.3) is 0 Å². The first-order valence-electron chi connectivity index (χ1n) is 12.5. The van der Waals surface area contributed by atoms with Crippen molar-refractivity contribution in [1.29, 1.82) is 0 Å². The molecule has 1 saturated heterocycles. The van der Waals surface area contributed by atoms with Crippen molar-refractivity contribution in [3.05, 3.63) is 71.3 Å². The molecule has 3 rings (SSSR count). The molecule has 1 aliphatic heterocycles. The smallest absolute Gasteiger partial charge is 0.408 e. The van der Waals surface area contributed by atoms with Crippen molar-refractivity contribution in [3.8, 4) is 0 Å². The van der Waals surface area contributed by atoms with Crippen molar-refractivity contribution in [1.82, 2.24) is 5.32 Å². The molecule has 4 atom stereocenters. The maximum atomic E-state index is 13.0. The van der Waals surface area contributed by atoms with Crippen molar-refractivity contribution < 1.29 is 23.8 Å². The van der Waals surface area contributed by atoms with Gasteiger partial charge in [0.15, 0.2) is 0 Å². The zero-order chi connectivity index (χ0) is 25.4. The molecule has 6 nitrogen and oxygen atoms in total. The molecule has 0 bridgehead atoms. The Hall–Kier alpha value is -2.86. The lowest BCUT2D eigenvalue weighted by Gasteiger charge is -2.31. The third kappa shape index (κ3) is 8.70. The summed E-state index contributed by atoms with van der Waals surface area (Å²) in [6.45, 7) is 9.78. The second kappa shape index (κ2) is 12.2. The molecule has 1 aliphatic rings. The Kier molecular flexibility index (Phi) is 9.33. The number of nitrogens with one attached hydrogen (secondary N) is 1. The van der Waals surface area contributed by atoms with Crippen molar-refractivity contribution in [3.63, 3.8) is 0 Å². The number of esters is 1. The molecule has 1 fully saturated rings. The molecule has 0 aliphatic carbocycles. The van der Waals surface area contributed by atoms with Crippen molar-refractivity contribution in [2.75, 3.05) is 0 Å². The lowest BCUT2D eigenvalue weighted by atomic mass is 9.86. The van der Waals surface area contributed by atoms with Gasteiger partial charge in [0.1, 0.15) is 17.7 Å². The van der Waals surface area contributed by atoms with Crippen LogP contribution in [0, 0.1) is 12.8 Å². The largest absolute Gasteiger partial charge is 0.458 e. The molecule has 0 radical (unpaired) electrons. The van der Waals surface area contributed by atoms with Crippen molar-refractivity contribution in [2.24, 2.45) is 5.92 Å². The van der Waals surface area contributed by atoms with E-state index in [1.54, 1.807) is 20.8 Å². The van der Waals surface area contributed by atoms with E-state index in [-0.39, 0.29) is 12.0 Å². The Labute approximate surface area is 209 Å². The van der Waals surface area contributed by atoms with Crippen molar-refractivity contribution in [2.45, 2.75) is 90.8 Å². The molecule has 0 spiro atoms. The number of carbonyl (C=O) groups is 2. The highest BCUT2D eigenvalue weighted by molar-refractivity contribution is 5.81. The fraction of sp³-hybridized carbons (Fsp3) is 0.517. The molecule has 0 saturated carbocycles. The highest BCUT2D eigenvalue weighted by Crippen LogP contribution is 2.28. The lowest BCUT2D eigenvalue weighted by Crippen LogP contribution is -2.46. The summed E-state index contributed by atoms with van der Waals surface area (Å²) in [5.74, 6) is -0.294. The molecule has 1 amide bonds. The van der Waals surface area contributed by atoms with Gasteiger partial charge in [0, 0.05) is 0 Å². The number of ether oxygens (including phenoxy) is 3. The molecule has 1 N–H and O–H groups in total. The number of carbonyl (C=O) groups excluding carboxylic acids is 2. The summed E-state index contributed by atoms with van der Waals surface area (Å²) in [5, 5.41) is 2.71. The van der Waals surface area contributed by atoms with Gasteiger partial charge < -0.3 is 19.5 Å². The Morgan fingerprint density at radius 2 is 1.71 bits per heavy atom. The Balaban J connectivity index is 1.77. The minimum atomic E-state index is -0.750. The van der Waals surface area contributed by atoms with Crippen LogP contribution in [0.15, 0.2) is 54.6 Å². The number of amides is 1. The summed E-state index contributed by atoms with van der Waals surface area (Å²) in [5.41, 5.74) is 2.88. The lowest BCUT2D eigenvalue weighted by molar-refractivity contribution is -0.161. The second-order valence-electron chi connectivity index (χ2n) is 10.5. The van der Waals surface area contributed by atoms with E-state index in [0.717, 1.165) is 24.8 Å². The summed E-state index contributed by atoms with van der Waals surface area (Å²) in [7, 11) is 0. The second-order valence-corrected chi connectivity index (χ2v) is 10.5. The molecule has 6 heteroatoms. The first kappa shape index (κ1) is 26.7. The number of hydrogen-bond acceptors (Lipinski definition) is 5. The van der Waals surface area contributed by atoms with E-state index in [2.05, 4.69) is 36.5 Å². The van der Waals surface area contributed by atoms with Gasteiger partial charge in [-0.1, -0.05) is 66.6 Å². The molecule has 2 aromatic rings. The monoisotopic (exact) mass is 481 g/mol. The van der Waals surface area contributed by atoms with Crippen LogP contribution >= 0.6 is 0 Å². The SMILES string of the molecule is Cc1ccc(CC2CCCC(NC(=O)OC(C)(C)C)C(=O)OC(C)C2OCc2ccccc2)cc1. The van der Waals surface area contributed by atoms with Gasteiger partial charge in [-0.05, 0) is 70.9 Å². The summed E-state index contributed by atoms with van der Waals surface area (Å²) < 4.78 is 17.6. The predicted octanol–water partition coefficient (Wildman–Crippen LogP) is 5.75. The summed E-state index contributed by atoms with van der Waals surface area (Å²) in [6, 6.07) is 17.8. The number of cyclic esters (lactones) is 1. The normalized spacial score (nSPS) is 23.4. The highest BCUT2D eigenvalue weighted by Gasteiger charge is 2.35. The number of hydrogen-bond donors (Lipinski definition) is 1. The molecule has 35 heavy (non-hydrogen) atoms. The van der Waals surface area contributed by atoms with Gasteiger partial charge in [-0.3, -0.25) is 0 Å². The van der Waals surface area contributed by atoms with Crippen molar-refractivity contribution >= 4 is 12.1 Å². The molecular formula is C29H39NO5. The molecule has 0 aromatic heterocycles. The van der Waals surface area contributed by atoms with Gasteiger partial charge in [-0.15, -0.1) is 0 Å². The molecule has 1 heterocycles. The summed E-state index contributed by atoms with van der Waals surface area (Å²) >= 11 is 0. The van der Waals surface area contributed by atoms with Crippen LogP contribution in [0.4, 0.5) is 4.79 Å². The molecule has 4 unspecified atom stereocenters. The third-order valence-corrected chi connectivity index (χ3v) is 6.18. The van der Waals surface area contributed by atoms with Crippen LogP contribution < -0.4 is 5.32 Å². The van der Waals surface area contributed by atoms with E-state index in [9.17, 15) is 9.59 Å². The quantitative estimate of drug-likeness (QED) is 0.532. The standard InChI is InChI=1S/C29H39NO5/c1-20-14-16-22(17-15-20)18-24-12-9-13-25(30-28(32)35-29(3,4)5)27(31)34-21(2)26(24)33-19-23-10-7-6-8-11-23/h6-8,10-11,14-17,21,24-26H,9,12-13,18-19H2,1-5H3,(H,30,32). The van der Waals surface area contributed by atoms with Gasteiger partial charge in [0.25, 0.3) is 0 Å². The molecule has 190 valence electrons. The van der Waals surface area contributed by atoms with Crippen LogP contribution in [-0.4, -0.2) is 35.9 Å². The minimum absolute atomic E-state index is 0.157. The van der Waals surface area contributed by atoms with Gasteiger partial charge in [0.05, 0.1) is 12.7 Å². The highest BCUT2D eigenvalue weighted by atomic mass is 16.6. The van der Waals surface area contributed by atoms with Crippen LogP contribution in [0.3, 0.4) is 0 Å². The fourth-order valence-electron chi connectivity index (χ4n) is 4.45. The van der Waals surface area contributed by atoms with E-state index in [1.165, 1.54) is 11.1 Å². The first-order chi connectivity index (χ1) is 16.6. The Morgan fingerprint density at radius 1 is 1.03 bits per heavy atom. The van der Waals surface area contributed by atoms with Gasteiger partial charge in [0.2, 0.25) is 0 Å². The predicted molar refractivity (Wildman–Crippen MR) is 136 cm³/mol. The average Bonchev–Trinajstić information content (AvgIpc) is 2.83. The van der Waals surface area contributed by atoms with E-state index in [0.29, 0.717) is 13.0 Å². The molecule has 2 aromatic carbocycles. The van der Waals surface area contributed by atoms with Gasteiger partial charge in [-0.25, -0.2) is 9.59 Å². The zero-order valence-corrected chi connectivity index (χ0v) is 21.6. The maximum absolute atomic E-state index is 13.0. The third-order valence-electron chi connectivity index (χ3n) is 6.18. The van der Waals surface area contributed by atoms with Crippen LogP contribution in [0.5, 0.6) is 0 Å². The molecular weight excluding hydrogens is 442 g/mol. The van der Waals surface area contributed by atoms with E-state index < -0.39 is 29.8 Å². The Morgan fingerprint density at radius 3 is 2.37 bits per heavy atom. The fourth-order valence-corrected chi connectivity index (χ4v) is 4.45. The van der Waals surface area contributed by atoms with Gasteiger partial charge in [-0.2, -0.15) is 0 Å². The number of aryl methyl sites for hydroxylation is 1. The first-order valence-corrected chi connectivity index (χ1v) is 12.5. The number of rotatable bonds is 6. The van der Waals surface area contributed by atoms with Crippen LogP contribution in [0.1, 0.15) is 63.6 Å².